The van der Waals surface area contributed by atoms with Gasteiger partial charge in [0.15, 0.2) is 0 Å². The van der Waals surface area contributed by atoms with Crippen molar-refractivity contribution in [3.05, 3.63) is 29.6 Å². The zero-order chi connectivity index (χ0) is 14.0. The van der Waals surface area contributed by atoms with Crippen LogP contribution in [0.3, 0.4) is 0 Å². The van der Waals surface area contributed by atoms with E-state index in [0.29, 0.717) is 0 Å². The van der Waals surface area contributed by atoms with Crippen LogP contribution < -0.4 is 0 Å². The number of rotatable bonds is 2. The molecule has 4 heteroatoms. The van der Waals surface area contributed by atoms with E-state index in [9.17, 15) is 5.11 Å². The maximum absolute atomic E-state index is 10.7. The van der Waals surface area contributed by atoms with E-state index in [1.807, 2.05) is 30.8 Å². The largest absolute Gasteiger partial charge is 0.387 e. The Morgan fingerprint density at radius 3 is 3.00 bits per heavy atom. The van der Waals surface area contributed by atoms with Crippen LogP contribution >= 0.6 is 11.8 Å². The molecule has 2 fully saturated rings. The van der Waals surface area contributed by atoms with Gasteiger partial charge < -0.3 is 9.84 Å². The number of aliphatic hydroxyl groups is 1. The van der Waals surface area contributed by atoms with Gasteiger partial charge in [-0.15, -0.1) is 0 Å². The molecule has 1 aromatic rings. The van der Waals surface area contributed by atoms with Crippen LogP contribution in [0.2, 0.25) is 0 Å². The molecule has 0 saturated carbocycles. The predicted molar refractivity (Wildman–Crippen MR) is 81.9 cm³/mol. The summed E-state index contributed by atoms with van der Waals surface area (Å²) in [5.74, 6) is 2.65. The Labute approximate surface area is 125 Å². The molecule has 20 heavy (non-hydrogen) atoms. The first-order chi connectivity index (χ1) is 9.70. The Kier molecular flexibility index (Phi) is 4.34. The lowest BCUT2D eigenvalue weighted by molar-refractivity contribution is -0.121. The number of ether oxygens (including phenoxy) is 1. The van der Waals surface area contributed by atoms with Crippen LogP contribution in [0.1, 0.15) is 43.0 Å². The summed E-state index contributed by atoms with van der Waals surface area (Å²) in [4.78, 5) is 4.39. The molecule has 110 valence electrons. The monoisotopic (exact) mass is 293 g/mol. The first-order valence-corrected chi connectivity index (χ1v) is 8.67. The van der Waals surface area contributed by atoms with Crippen LogP contribution in [0.25, 0.3) is 0 Å². The van der Waals surface area contributed by atoms with E-state index < -0.39 is 6.10 Å². The Hall–Kier alpha value is -0.580. The van der Waals surface area contributed by atoms with E-state index >= 15 is 0 Å². The third-order valence-corrected chi connectivity index (χ3v) is 5.70. The second-order valence-electron chi connectivity index (χ2n) is 6.05. The summed E-state index contributed by atoms with van der Waals surface area (Å²) < 4.78 is 6.11. The van der Waals surface area contributed by atoms with Crippen LogP contribution in [0.4, 0.5) is 0 Å². The summed E-state index contributed by atoms with van der Waals surface area (Å²) in [6.07, 6.45) is 5.49. The second-order valence-corrected chi connectivity index (χ2v) is 7.27. The van der Waals surface area contributed by atoms with Crippen molar-refractivity contribution >= 4 is 11.8 Å². The summed E-state index contributed by atoms with van der Waals surface area (Å²) in [6, 6.07) is 3.95. The molecule has 1 spiro atoms. The molecule has 3 nitrogen and oxygen atoms in total. The minimum atomic E-state index is -0.452. The summed E-state index contributed by atoms with van der Waals surface area (Å²) in [5, 5.41) is 10.7. The number of thioether (sulfide) groups is 1. The molecule has 2 aliphatic heterocycles. The maximum atomic E-state index is 10.7. The molecule has 0 radical (unpaired) electrons. The SMILES string of the molecule is Cc1cccnc1C(O)C1CCOC2(CCSCC2)C1. The number of pyridine rings is 1. The number of nitrogens with zero attached hydrogens (tertiary/aromatic N) is 1. The first-order valence-electron chi connectivity index (χ1n) is 7.51. The van der Waals surface area contributed by atoms with Gasteiger partial charge in [-0.2, -0.15) is 11.8 Å². The first kappa shape index (κ1) is 14.4. The highest BCUT2D eigenvalue weighted by Gasteiger charge is 2.41. The lowest BCUT2D eigenvalue weighted by Crippen LogP contribution is -2.44. The van der Waals surface area contributed by atoms with Gasteiger partial charge in [0.2, 0.25) is 0 Å². The summed E-state index contributed by atoms with van der Waals surface area (Å²) in [7, 11) is 0. The van der Waals surface area contributed by atoms with Crippen molar-refractivity contribution in [2.75, 3.05) is 18.1 Å². The molecular weight excluding hydrogens is 270 g/mol. The highest BCUT2D eigenvalue weighted by atomic mass is 32.2. The molecule has 1 N–H and O–H groups in total. The Morgan fingerprint density at radius 2 is 2.25 bits per heavy atom. The van der Waals surface area contributed by atoms with E-state index in [0.717, 1.165) is 43.5 Å². The van der Waals surface area contributed by atoms with Gasteiger partial charge in [0, 0.05) is 12.8 Å². The van der Waals surface area contributed by atoms with Gasteiger partial charge in [-0.3, -0.25) is 4.98 Å². The lowest BCUT2D eigenvalue weighted by atomic mass is 9.78. The van der Waals surface area contributed by atoms with E-state index in [-0.39, 0.29) is 11.5 Å². The van der Waals surface area contributed by atoms with E-state index in [1.165, 1.54) is 11.5 Å². The van der Waals surface area contributed by atoms with Gasteiger partial charge in [-0.1, -0.05) is 6.07 Å². The Bertz CT molecular complexity index is 454. The van der Waals surface area contributed by atoms with Crippen molar-refractivity contribution < 1.29 is 9.84 Å². The van der Waals surface area contributed by atoms with E-state index in [4.69, 9.17) is 4.74 Å². The molecule has 3 rings (SSSR count). The minimum absolute atomic E-state index is 0.0256. The van der Waals surface area contributed by atoms with Crippen LogP contribution in [0.5, 0.6) is 0 Å². The average molecular weight is 293 g/mol. The molecule has 0 aromatic carbocycles. The van der Waals surface area contributed by atoms with Crippen molar-refractivity contribution in [2.24, 2.45) is 5.92 Å². The summed E-state index contributed by atoms with van der Waals surface area (Å²) in [6.45, 7) is 2.80. The lowest BCUT2D eigenvalue weighted by Gasteiger charge is -2.44. The maximum Gasteiger partial charge on any atom is 0.0992 e. The van der Waals surface area contributed by atoms with Crippen molar-refractivity contribution in [3.63, 3.8) is 0 Å². The third kappa shape index (κ3) is 2.87. The summed E-state index contributed by atoms with van der Waals surface area (Å²) >= 11 is 2.02. The molecule has 0 aliphatic carbocycles. The fourth-order valence-electron chi connectivity index (χ4n) is 3.46. The van der Waals surface area contributed by atoms with Crippen LogP contribution in [-0.2, 0) is 4.74 Å². The molecular formula is C16H23NO2S. The number of aliphatic hydroxyl groups excluding tert-OH is 1. The van der Waals surface area contributed by atoms with E-state index in [2.05, 4.69) is 4.98 Å². The molecule has 2 aliphatic rings. The summed E-state index contributed by atoms with van der Waals surface area (Å²) in [5.41, 5.74) is 1.96. The number of hydrogen-bond acceptors (Lipinski definition) is 4. The van der Waals surface area contributed by atoms with Crippen molar-refractivity contribution in [1.29, 1.82) is 0 Å². The van der Waals surface area contributed by atoms with Gasteiger partial charge in [0.1, 0.15) is 0 Å². The minimum Gasteiger partial charge on any atom is -0.387 e. The van der Waals surface area contributed by atoms with Crippen LogP contribution in [-0.4, -0.2) is 33.8 Å². The fourth-order valence-corrected chi connectivity index (χ4v) is 4.69. The number of aryl methyl sites for hydroxylation is 1. The standard InChI is InChI=1S/C16H23NO2S/c1-12-3-2-7-17-14(12)15(18)13-4-8-19-16(11-13)5-9-20-10-6-16/h2-3,7,13,15,18H,4-6,8-11H2,1H3. The molecule has 2 saturated heterocycles. The highest BCUT2D eigenvalue weighted by molar-refractivity contribution is 7.99. The van der Waals surface area contributed by atoms with Crippen molar-refractivity contribution in [2.45, 2.75) is 44.3 Å². The third-order valence-electron chi connectivity index (χ3n) is 4.71. The van der Waals surface area contributed by atoms with Gasteiger partial charge in [-0.05, 0) is 61.7 Å². The zero-order valence-electron chi connectivity index (χ0n) is 12.0. The quantitative estimate of drug-likeness (QED) is 0.910. The van der Waals surface area contributed by atoms with Crippen molar-refractivity contribution in [1.82, 2.24) is 4.98 Å². The van der Waals surface area contributed by atoms with Crippen LogP contribution in [0, 0.1) is 12.8 Å². The Balaban J connectivity index is 1.75. The Morgan fingerprint density at radius 1 is 1.45 bits per heavy atom. The fraction of sp³-hybridized carbons (Fsp3) is 0.688. The van der Waals surface area contributed by atoms with Gasteiger partial charge in [-0.25, -0.2) is 0 Å². The molecule has 2 unspecified atom stereocenters. The molecule has 0 bridgehead atoms. The highest BCUT2D eigenvalue weighted by Crippen LogP contribution is 2.43. The van der Waals surface area contributed by atoms with Crippen LogP contribution in [0.15, 0.2) is 18.3 Å². The molecule has 0 amide bonds. The smallest absolute Gasteiger partial charge is 0.0992 e. The molecule has 1 aromatic heterocycles. The van der Waals surface area contributed by atoms with E-state index in [1.54, 1.807) is 6.20 Å². The predicted octanol–water partition coefficient (Wildman–Crippen LogP) is 3.12. The van der Waals surface area contributed by atoms with Gasteiger partial charge in [0.25, 0.3) is 0 Å². The average Bonchev–Trinajstić information content (AvgIpc) is 2.48. The van der Waals surface area contributed by atoms with Gasteiger partial charge >= 0.3 is 0 Å². The topological polar surface area (TPSA) is 42.4 Å². The zero-order valence-corrected chi connectivity index (χ0v) is 12.9. The molecule has 2 atom stereocenters. The number of aromatic nitrogens is 1. The van der Waals surface area contributed by atoms with Gasteiger partial charge in [0.05, 0.1) is 17.4 Å². The second kappa shape index (κ2) is 6.04. The van der Waals surface area contributed by atoms with Crippen molar-refractivity contribution in [3.8, 4) is 0 Å². The normalized spacial score (nSPS) is 27.4. The number of hydrogen-bond donors (Lipinski definition) is 1. The molecule has 3 heterocycles.